The number of fused-ring (bicyclic) bond motifs is 1. The van der Waals surface area contributed by atoms with Gasteiger partial charge >= 0.3 is 0 Å². The van der Waals surface area contributed by atoms with Gasteiger partial charge in [-0.05, 0) is 42.8 Å². The van der Waals surface area contributed by atoms with Gasteiger partial charge in [0.05, 0.1) is 11.1 Å². The summed E-state index contributed by atoms with van der Waals surface area (Å²) in [7, 11) is 0. The Kier molecular flexibility index (Phi) is 4.58. The first-order chi connectivity index (χ1) is 12.7. The minimum Gasteiger partial charge on any atom is -0.494 e. The molecule has 0 fully saturated rings. The van der Waals surface area contributed by atoms with Crippen molar-refractivity contribution < 1.29 is 4.74 Å². The molecule has 1 aliphatic rings. The fourth-order valence-electron chi connectivity index (χ4n) is 2.90. The van der Waals surface area contributed by atoms with Crippen LogP contribution in [0.1, 0.15) is 12.5 Å². The van der Waals surface area contributed by atoms with Crippen molar-refractivity contribution in [3.8, 4) is 5.75 Å². The molecule has 26 heavy (non-hydrogen) atoms. The van der Waals surface area contributed by atoms with E-state index in [2.05, 4.69) is 9.89 Å². The summed E-state index contributed by atoms with van der Waals surface area (Å²) in [6.45, 7) is 3.65. The lowest BCUT2D eigenvalue weighted by molar-refractivity contribution is 0.340. The van der Waals surface area contributed by atoms with E-state index in [0.29, 0.717) is 24.5 Å². The maximum absolute atomic E-state index is 12.8. The second kappa shape index (κ2) is 7.17. The van der Waals surface area contributed by atoms with Gasteiger partial charge in [-0.3, -0.25) is 9.36 Å². The fraction of sp³-hybridized carbons (Fsp3) is 0.200. The normalized spacial score (nSPS) is 14.0. The lowest BCUT2D eigenvalue weighted by Gasteiger charge is -2.25. The van der Waals surface area contributed by atoms with Crippen LogP contribution in [0.15, 0.2) is 64.4 Å². The predicted octanol–water partition coefficient (Wildman–Crippen LogP) is 2.19. The maximum atomic E-state index is 12.8. The molecular formula is C20H19N3O2S. The molecule has 5 nitrogen and oxygen atoms in total. The van der Waals surface area contributed by atoms with Gasteiger partial charge in [-0.2, -0.15) is 0 Å². The molecule has 1 aliphatic heterocycles. The molecule has 0 aliphatic carbocycles. The van der Waals surface area contributed by atoms with Gasteiger partial charge in [0.1, 0.15) is 19.1 Å². The molecule has 2 aromatic carbocycles. The standard InChI is InChI=1S/C20H19N3O2S/c1-2-25-17-10-8-16(9-11-17)22-13-21-20-23(14-22)19(24)18(26-20)12-15-6-4-3-5-7-15/h3-12H,2,13-14H2,1H3. The number of thiazole rings is 1. The highest BCUT2D eigenvalue weighted by atomic mass is 32.1. The SMILES string of the molecule is CCOc1ccc(N2CN=c3sc(=Cc4ccccc4)c(=O)n3C2)cc1. The van der Waals surface area contributed by atoms with Gasteiger partial charge in [0, 0.05) is 5.69 Å². The van der Waals surface area contributed by atoms with Gasteiger partial charge in [0.2, 0.25) is 0 Å². The largest absolute Gasteiger partial charge is 0.494 e. The third-order valence-corrected chi connectivity index (χ3v) is 5.23. The molecule has 0 N–H and O–H groups in total. The first-order valence-corrected chi connectivity index (χ1v) is 9.35. The van der Waals surface area contributed by atoms with Gasteiger partial charge < -0.3 is 9.64 Å². The van der Waals surface area contributed by atoms with Crippen LogP contribution < -0.4 is 24.5 Å². The van der Waals surface area contributed by atoms with Crippen molar-refractivity contribution in [2.24, 2.45) is 4.99 Å². The second-order valence-electron chi connectivity index (χ2n) is 5.94. The van der Waals surface area contributed by atoms with Crippen molar-refractivity contribution in [2.45, 2.75) is 13.6 Å². The summed E-state index contributed by atoms with van der Waals surface area (Å²) in [4.78, 5) is 20.2. The fourth-order valence-corrected chi connectivity index (χ4v) is 3.86. The number of aromatic nitrogens is 1. The van der Waals surface area contributed by atoms with Gasteiger partial charge in [-0.1, -0.05) is 41.7 Å². The van der Waals surface area contributed by atoms with Crippen LogP contribution in [-0.2, 0) is 6.67 Å². The van der Waals surface area contributed by atoms with E-state index >= 15 is 0 Å². The van der Waals surface area contributed by atoms with Crippen LogP contribution in [0, 0.1) is 0 Å². The molecule has 0 saturated carbocycles. The van der Waals surface area contributed by atoms with Crippen LogP contribution in [0.5, 0.6) is 5.75 Å². The average molecular weight is 365 g/mol. The molecule has 4 rings (SSSR count). The molecule has 0 unspecified atom stereocenters. The minimum atomic E-state index is 0.00763. The Morgan fingerprint density at radius 3 is 2.65 bits per heavy atom. The molecule has 0 amide bonds. The van der Waals surface area contributed by atoms with E-state index in [1.807, 2.05) is 67.6 Å². The van der Waals surface area contributed by atoms with Gasteiger partial charge in [-0.25, -0.2) is 4.99 Å². The molecule has 0 bridgehead atoms. The van der Waals surface area contributed by atoms with Crippen molar-refractivity contribution in [3.05, 3.63) is 79.8 Å². The van der Waals surface area contributed by atoms with E-state index in [1.165, 1.54) is 11.3 Å². The molecule has 0 atom stereocenters. The Labute approximate surface area is 155 Å². The average Bonchev–Trinajstić information content (AvgIpc) is 2.99. The Morgan fingerprint density at radius 2 is 1.92 bits per heavy atom. The number of rotatable bonds is 4. The Bertz CT molecular complexity index is 1070. The van der Waals surface area contributed by atoms with Crippen LogP contribution in [0.2, 0.25) is 0 Å². The number of benzene rings is 2. The highest BCUT2D eigenvalue weighted by Gasteiger charge is 2.16. The molecule has 0 spiro atoms. The maximum Gasteiger partial charge on any atom is 0.271 e. The van der Waals surface area contributed by atoms with Gasteiger partial charge in [0.15, 0.2) is 4.80 Å². The number of hydrogen-bond acceptors (Lipinski definition) is 5. The summed E-state index contributed by atoms with van der Waals surface area (Å²) in [6.07, 6.45) is 1.93. The van der Waals surface area contributed by atoms with E-state index in [4.69, 9.17) is 4.74 Å². The second-order valence-corrected chi connectivity index (χ2v) is 6.95. The number of anilines is 1. The lowest BCUT2D eigenvalue weighted by atomic mass is 10.2. The van der Waals surface area contributed by atoms with E-state index < -0.39 is 0 Å². The zero-order valence-electron chi connectivity index (χ0n) is 14.5. The first-order valence-electron chi connectivity index (χ1n) is 8.53. The lowest BCUT2D eigenvalue weighted by Crippen LogP contribution is -2.42. The van der Waals surface area contributed by atoms with Gasteiger partial charge in [0.25, 0.3) is 5.56 Å². The van der Waals surface area contributed by atoms with Crippen molar-refractivity contribution >= 4 is 23.1 Å². The quantitative estimate of drug-likeness (QED) is 0.712. The van der Waals surface area contributed by atoms with Crippen LogP contribution in [0.25, 0.3) is 6.08 Å². The van der Waals surface area contributed by atoms with Crippen molar-refractivity contribution in [2.75, 3.05) is 18.2 Å². The minimum absolute atomic E-state index is 0.00763. The Morgan fingerprint density at radius 1 is 1.15 bits per heavy atom. The summed E-state index contributed by atoms with van der Waals surface area (Å²) in [5.41, 5.74) is 2.05. The summed E-state index contributed by atoms with van der Waals surface area (Å²) < 4.78 is 7.93. The van der Waals surface area contributed by atoms with Crippen molar-refractivity contribution in [1.82, 2.24) is 4.57 Å². The Balaban J connectivity index is 1.63. The van der Waals surface area contributed by atoms with E-state index in [1.54, 1.807) is 4.57 Å². The van der Waals surface area contributed by atoms with Crippen LogP contribution >= 0.6 is 11.3 Å². The van der Waals surface area contributed by atoms with Crippen molar-refractivity contribution in [1.29, 1.82) is 0 Å². The molecule has 3 aromatic rings. The number of ether oxygens (including phenoxy) is 1. The zero-order valence-corrected chi connectivity index (χ0v) is 15.3. The van der Waals surface area contributed by atoms with Crippen molar-refractivity contribution in [3.63, 3.8) is 0 Å². The van der Waals surface area contributed by atoms with E-state index in [9.17, 15) is 4.79 Å². The van der Waals surface area contributed by atoms with Crippen LogP contribution in [0.3, 0.4) is 0 Å². The Hall–Kier alpha value is -2.86. The predicted molar refractivity (Wildman–Crippen MR) is 104 cm³/mol. The van der Waals surface area contributed by atoms with E-state index in [-0.39, 0.29) is 5.56 Å². The summed E-state index contributed by atoms with van der Waals surface area (Å²) in [5, 5.41) is 0. The zero-order chi connectivity index (χ0) is 17.9. The van der Waals surface area contributed by atoms with Crippen LogP contribution in [0.4, 0.5) is 5.69 Å². The number of hydrogen-bond donors (Lipinski definition) is 0. The van der Waals surface area contributed by atoms with E-state index in [0.717, 1.165) is 21.8 Å². The smallest absolute Gasteiger partial charge is 0.271 e. The molecule has 1 aromatic heterocycles. The monoisotopic (exact) mass is 365 g/mol. The molecule has 132 valence electrons. The molecule has 2 heterocycles. The van der Waals surface area contributed by atoms with Crippen LogP contribution in [-0.4, -0.2) is 17.8 Å². The summed E-state index contributed by atoms with van der Waals surface area (Å²) in [6, 6.07) is 17.8. The van der Waals surface area contributed by atoms with Gasteiger partial charge in [-0.15, -0.1) is 0 Å². The third-order valence-electron chi connectivity index (χ3n) is 4.19. The summed E-state index contributed by atoms with van der Waals surface area (Å²) >= 11 is 1.44. The first kappa shape index (κ1) is 16.6. The number of nitrogens with zero attached hydrogens (tertiary/aromatic N) is 3. The molecule has 0 radical (unpaired) electrons. The summed E-state index contributed by atoms with van der Waals surface area (Å²) in [5.74, 6) is 0.846. The molecule has 0 saturated heterocycles. The molecule has 6 heteroatoms. The third kappa shape index (κ3) is 3.28. The molecular weight excluding hydrogens is 346 g/mol. The highest BCUT2D eigenvalue weighted by Crippen LogP contribution is 2.20. The highest BCUT2D eigenvalue weighted by molar-refractivity contribution is 7.07. The topological polar surface area (TPSA) is 46.8 Å².